The van der Waals surface area contributed by atoms with Crippen molar-refractivity contribution in [1.82, 2.24) is 0 Å². The monoisotopic (exact) mass is 299 g/mol. The summed E-state index contributed by atoms with van der Waals surface area (Å²) in [5.74, 6) is 0. The van der Waals surface area contributed by atoms with Gasteiger partial charge in [0.05, 0.1) is 6.61 Å². The molecule has 0 spiro atoms. The van der Waals surface area contributed by atoms with Crippen LogP contribution in [0.15, 0.2) is 48.5 Å². The van der Waals surface area contributed by atoms with Crippen molar-refractivity contribution < 1.29 is 5.11 Å². The Bertz CT molecular complexity index is 590. The van der Waals surface area contributed by atoms with Gasteiger partial charge in [-0.15, -0.1) is 0 Å². The van der Waals surface area contributed by atoms with Crippen LogP contribution < -0.4 is 16.1 Å². The molecule has 2 aromatic carbocycles. The first-order chi connectivity index (χ1) is 9.95. The van der Waals surface area contributed by atoms with Gasteiger partial charge in [0.2, 0.25) is 0 Å². The first-order valence-electron chi connectivity index (χ1n) is 7.49. The van der Waals surface area contributed by atoms with E-state index in [9.17, 15) is 5.11 Å². The van der Waals surface area contributed by atoms with E-state index in [2.05, 4.69) is 49.5 Å². The quantitative estimate of drug-likeness (QED) is 0.828. The molecule has 0 fully saturated rings. The van der Waals surface area contributed by atoms with Crippen molar-refractivity contribution in [3.05, 3.63) is 59.7 Å². The molecule has 3 heteroatoms. The third-order valence-corrected chi connectivity index (χ3v) is 7.71. The molecule has 0 aromatic heterocycles. The number of aliphatic hydroxyl groups is 1. The Labute approximate surface area is 128 Å². The lowest BCUT2D eigenvalue weighted by Crippen LogP contribution is -2.54. The highest BCUT2D eigenvalue weighted by atomic mass is 28.3. The van der Waals surface area contributed by atoms with Gasteiger partial charge in [-0.1, -0.05) is 66.8 Å². The second-order valence-electron chi connectivity index (χ2n) is 6.32. The molecular weight excluding hydrogens is 274 g/mol. The van der Waals surface area contributed by atoms with E-state index in [0.717, 1.165) is 12.0 Å². The normalized spacial score (nSPS) is 13.2. The molecule has 0 saturated heterocycles. The molecule has 2 aromatic rings. The third-order valence-electron chi connectivity index (χ3n) is 4.09. The molecule has 0 aliphatic carbocycles. The van der Waals surface area contributed by atoms with E-state index in [4.69, 9.17) is 5.73 Å². The summed E-state index contributed by atoms with van der Waals surface area (Å²) in [4.78, 5) is 0. The molecular formula is C18H25NOSi. The average Bonchev–Trinajstić information content (AvgIpc) is 2.47. The summed E-state index contributed by atoms with van der Waals surface area (Å²) in [6.07, 6.45) is 0.912. The smallest absolute Gasteiger partial charge is 0.112 e. The maximum atomic E-state index is 9.58. The van der Waals surface area contributed by atoms with Gasteiger partial charge < -0.3 is 10.8 Å². The van der Waals surface area contributed by atoms with E-state index >= 15 is 0 Å². The Hall–Kier alpha value is -1.42. The molecule has 0 amide bonds. The van der Waals surface area contributed by atoms with Crippen LogP contribution in [0.2, 0.25) is 13.1 Å². The molecule has 2 nitrogen and oxygen atoms in total. The van der Waals surface area contributed by atoms with E-state index in [-0.39, 0.29) is 12.6 Å². The fourth-order valence-corrected chi connectivity index (χ4v) is 5.64. The van der Waals surface area contributed by atoms with Crippen molar-refractivity contribution >= 4 is 18.4 Å². The minimum atomic E-state index is -1.78. The van der Waals surface area contributed by atoms with Crippen LogP contribution in [0.5, 0.6) is 0 Å². The number of aliphatic hydroxyl groups excluding tert-OH is 1. The van der Waals surface area contributed by atoms with Gasteiger partial charge in [-0.25, -0.2) is 0 Å². The lowest BCUT2D eigenvalue weighted by molar-refractivity contribution is 0.283. The van der Waals surface area contributed by atoms with Gasteiger partial charge in [0.25, 0.3) is 0 Å². The molecule has 3 N–H and O–H groups in total. The Balaban J connectivity index is 2.34. The van der Waals surface area contributed by atoms with Crippen LogP contribution in [0, 0.1) is 0 Å². The summed E-state index contributed by atoms with van der Waals surface area (Å²) >= 11 is 0. The Morgan fingerprint density at radius 3 is 2.24 bits per heavy atom. The number of rotatable bonds is 5. The van der Waals surface area contributed by atoms with Crippen molar-refractivity contribution in [3.8, 4) is 0 Å². The number of hydrogen-bond donors (Lipinski definition) is 2. The van der Waals surface area contributed by atoms with Crippen LogP contribution in [0.1, 0.15) is 18.1 Å². The summed E-state index contributed by atoms with van der Waals surface area (Å²) in [6, 6.07) is 17.3. The topological polar surface area (TPSA) is 46.2 Å². The standard InChI is InChI=1S/C18H25NOSi/c1-14(19)12-15-8-10-17(11-9-15)21(2,3)18-7-5-4-6-16(18)13-20/h4-11,14,20H,12-13,19H2,1-3H3. The third kappa shape index (κ3) is 3.62. The highest BCUT2D eigenvalue weighted by Crippen LogP contribution is 2.10. The molecule has 0 radical (unpaired) electrons. The van der Waals surface area contributed by atoms with Crippen LogP contribution in [-0.2, 0) is 13.0 Å². The largest absolute Gasteiger partial charge is 0.392 e. The zero-order valence-corrected chi connectivity index (χ0v) is 14.1. The van der Waals surface area contributed by atoms with Gasteiger partial charge in [0.15, 0.2) is 0 Å². The Kier molecular flexibility index (Phi) is 4.98. The van der Waals surface area contributed by atoms with Gasteiger partial charge >= 0.3 is 0 Å². The fourth-order valence-electron chi connectivity index (χ4n) is 2.85. The average molecular weight is 299 g/mol. The highest BCUT2D eigenvalue weighted by Gasteiger charge is 2.27. The summed E-state index contributed by atoms with van der Waals surface area (Å²) in [6.45, 7) is 6.81. The van der Waals surface area contributed by atoms with Gasteiger partial charge in [0.1, 0.15) is 8.07 Å². The molecule has 0 bridgehead atoms. The highest BCUT2D eigenvalue weighted by molar-refractivity contribution is 7.00. The summed E-state index contributed by atoms with van der Waals surface area (Å²) in [5, 5.41) is 12.3. The van der Waals surface area contributed by atoms with E-state index in [1.54, 1.807) is 0 Å². The first kappa shape index (κ1) is 16.0. The zero-order valence-electron chi connectivity index (χ0n) is 13.1. The fraction of sp³-hybridized carbons (Fsp3) is 0.333. The minimum Gasteiger partial charge on any atom is -0.392 e. The molecule has 1 atom stereocenters. The van der Waals surface area contributed by atoms with E-state index < -0.39 is 8.07 Å². The van der Waals surface area contributed by atoms with E-state index in [1.165, 1.54) is 15.9 Å². The molecule has 112 valence electrons. The molecule has 21 heavy (non-hydrogen) atoms. The predicted octanol–water partition coefficient (Wildman–Crippen LogP) is 1.89. The second-order valence-corrected chi connectivity index (χ2v) is 10.7. The van der Waals surface area contributed by atoms with Crippen LogP contribution in [-0.4, -0.2) is 19.2 Å². The lowest BCUT2D eigenvalue weighted by Gasteiger charge is -2.26. The van der Waals surface area contributed by atoms with Crippen molar-refractivity contribution in [2.75, 3.05) is 0 Å². The lowest BCUT2D eigenvalue weighted by atomic mass is 10.1. The first-order valence-corrected chi connectivity index (χ1v) is 10.5. The second kappa shape index (κ2) is 6.56. The summed E-state index contributed by atoms with van der Waals surface area (Å²) < 4.78 is 0. The van der Waals surface area contributed by atoms with Crippen molar-refractivity contribution in [2.45, 2.75) is 39.1 Å². The predicted molar refractivity (Wildman–Crippen MR) is 92.9 cm³/mol. The number of benzene rings is 2. The Morgan fingerprint density at radius 1 is 1.05 bits per heavy atom. The molecule has 1 unspecified atom stereocenters. The Morgan fingerprint density at radius 2 is 1.67 bits per heavy atom. The van der Waals surface area contributed by atoms with Crippen molar-refractivity contribution in [3.63, 3.8) is 0 Å². The van der Waals surface area contributed by atoms with Gasteiger partial charge in [-0.2, -0.15) is 0 Å². The molecule has 0 aliphatic heterocycles. The van der Waals surface area contributed by atoms with Gasteiger partial charge in [-0.3, -0.25) is 0 Å². The van der Waals surface area contributed by atoms with Gasteiger partial charge in [0, 0.05) is 6.04 Å². The molecule has 0 heterocycles. The van der Waals surface area contributed by atoms with Gasteiger partial charge in [-0.05, 0) is 29.7 Å². The van der Waals surface area contributed by atoms with E-state index in [0.29, 0.717) is 0 Å². The SMILES string of the molecule is CC(N)Cc1ccc([Si](C)(C)c2ccccc2CO)cc1. The summed E-state index contributed by atoms with van der Waals surface area (Å²) in [7, 11) is -1.78. The maximum Gasteiger partial charge on any atom is 0.112 e. The van der Waals surface area contributed by atoms with Crippen LogP contribution in [0.25, 0.3) is 0 Å². The molecule has 0 aliphatic rings. The van der Waals surface area contributed by atoms with Crippen LogP contribution in [0.4, 0.5) is 0 Å². The number of nitrogens with two attached hydrogens (primary N) is 1. The van der Waals surface area contributed by atoms with Crippen molar-refractivity contribution in [2.24, 2.45) is 5.73 Å². The zero-order chi connectivity index (χ0) is 15.5. The van der Waals surface area contributed by atoms with Crippen LogP contribution >= 0.6 is 0 Å². The number of hydrogen-bond acceptors (Lipinski definition) is 2. The molecule has 0 saturated carbocycles. The molecule has 2 rings (SSSR count). The summed E-state index contributed by atoms with van der Waals surface area (Å²) in [5.41, 5.74) is 8.19. The maximum absolute atomic E-state index is 9.58. The minimum absolute atomic E-state index is 0.107. The van der Waals surface area contributed by atoms with Crippen molar-refractivity contribution in [1.29, 1.82) is 0 Å². The van der Waals surface area contributed by atoms with Crippen LogP contribution in [0.3, 0.4) is 0 Å². The van der Waals surface area contributed by atoms with E-state index in [1.807, 2.05) is 19.1 Å².